The van der Waals surface area contributed by atoms with Crippen molar-refractivity contribution in [3.05, 3.63) is 64.4 Å². The molecule has 1 aliphatic rings. The van der Waals surface area contributed by atoms with E-state index in [0.29, 0.717) is 19.0 Å². The van der Waals surface area contributed by atoms with Crippen molar-refractivity contribution in [2.24, 2.45) is 0 Å². The Balaban J connectivity index is 1.46. The fraction of sp³-hybridized carbons (Fsp3) is 0.300. The van der Waals surface area contributed by atoms with E-state index in [2.05, 4.69) is 9.97 Å². The van der Waals surface area contributed by atoms with Crippen molar-refractivity contribution < 1.29 is 18.0 Å². The van der Waals surface area contributed by atoms with Crippen LogP contribution in [-0.2, 0) is 6.18 Å². The molecule has 28 heavy (non-hydrogen) atoms. The molecule has 1 saturated heterocycles. The molecule has 1 aliphatic heterocycles. The van der Waals surface area contributed by atoms with Crippen LogP contribution in [-0.4, -0.2) is 33.9 Å². The topological polar surface area (TPSA) is 49.0 Å². The smallest absolute Gasteiger partial charge is 0.346 e. The lowest BCUT2D eigenvalue weighted by molar-refractivity contribution is -0.137. The Hall–Kier alpha value is -2.54. The highest BCUT2D eigenvalue weighted by molar-refractivity contribution is 6.31. The van der Waals surface area contributed by atoms with Gasteiger partial charge in [0.05, 0.1) is 10.6 Å². The van der Waals surface area contributed by atoms with Gasteiger partial charge in [-0.15, -0.1) is 0 Å². The van der Waals surface area contributed by atoms with Gasteiger partial charge in [0.1, 0.15) is 5.65 Å². The van der Waals surface area contributed by atoms with E-state index in [0.717, 1.165) is 36.0 Å². The minimum Gasteiger partial charge on any atom is -0.346 e. The minimum atomic E-state index is -4.54. The van der Waals surface area contributed by atoms with E-state index in [1.165, 1.54) is 11.6 Å². The average Bonchev–Trinajstić information content (AvgIpc) is 3.10. The van der Waals surface area contributed by atoms with Crippen LogP contribution in [0.25, 0.3) is 11.0 Å². The molecule has 0 aliphatic carbocycles. The number of hydrogen-bond donors (Lipinski definition) is 1. The number of pyridine rings is 1. The third-order valence-corrected chi connectivity index (χ3v) is 5.54. The van der Waals surface area contributed by atoms with E-state index in [9.17, 15) is 18.0 Å². The highest BCUT2D eigenvalue weighted by Crippen LogP contribution is 2.36. The van der Waals surface area contributed by atoms with Crippen molar-refractivity contribution in [2.75, 3.05) is 13.1 Å². The first kappa shape index (κ1) is 18.8. The molecule has 0 saturated carbocycles. The summed E-state index contributed by atoms with van der Waals surface area (Å²) in [5.74, 6) is 0.00728. The van der Waals surface area contributed by atoms with Gasteiger partial charge >= 0.3 is 6.18 Å². The Morgan fingerprint density at radius 2 is 1.96 bits per heavy atom. The highest BCUT2D eigenvalue weighted by atomic mass is 35.5. The third kappa shape index (κ3) is 3.46. The first-order valence-electron chi connectivity index (χ1n) is 8.92. The standard InChI is InChI=1S/C20H17ClF3N3O/c21-17-10-13(3-4-16(17)20(22,23)24)19(28)27-8-5-12(6-9-27)15-11-26-18-14(15)2-1-7-25-18/h1-4,7,10-12H,5-6,8-9H2,(H,25,26). The van der Waals surface area contributed by atoms with E-state index in [-0.39, 0.29) is 11.5 Å². The molecule has 3 aromatic rings. The number of H-pyrrole nitrogens is 1. The van der Waals surface area contributed by atoms with Crippen LogP contribution < -0.4 is 0 Å². The lowest BCUT2D eigenvalue weighted by atomic mass is 9.89. The maximum Gasteiger partial charge on any atom is 0.417 e. The van der Waals surface area contributed by atoms with Crippen LogP contribution in [0.4, 0.5) is 13.2 Å². The molecule has 1 N–H and O–H groups in total. The summed E-state index contributed by atoms with van der Waals surface area (Å²) in [7, 11) is 0. The number of halogens is 4. The fourth-order valence-corrected chi connectivity index (χ4v) is 4.06. The molecule has 1 amide bonds. The van der Waals surface area contributed by atoms with Gasteiger partial charge in [-0.1, -0.05) is 11.6 Å². The highest BCUT2D eigenvalue weighted by Gasteiger charge is 2.34. The largest absolute Gasteiger partial charge is 0.417 e. The SMILES string of the molecule is O=C(c1ccc(C(F)(F)F)c(Cl)c1)N1CCC(c2c[nH]c3ncccc23)CC1. The van der Waals surface area contributed by atoms with Crippen molar-refractivity contribution in [2.45, 2.75) is 24.9 Å². The second-order valence-electron chi connectivity index (χ2n) is 6.90. The Morgan fingerprint density at radius 1 is 1.21 bits per heavy atom. The van der Waals surface area contributed by atoms with E-state index < -0.39 is 16.8 Å². The van der Waals surface area contributed by atoms with Gasteiger partial charge in [0.25, 0.3) is 5.91 Å². The zero-order chi connectivity index (χ0) is 19.9. The van der Waals surface area contributed by atoms with Crippen molar-refractivity contribution in [3.63, 3.8) is 0 Å². The predicted octanol–water partition coefficient (Wildman–Crippen LogP) is 5.25. The molecule has 1 fully saturated rings. The lowest BCUT2D eigenvalue weighted by Gasteiger charge is -2.32. The van der Waals surface area contributed by atoms with Crippen molar-refractivity contribution >= 4 is 28.5 Å². The average molecular weight is 408 g/mol. The Bertz CT molecular complexity index is 1020. The van der Waals surface area contributed by atoms with E-state index in [4.69, 9.17) is 11.6 Å². The molecule has 2 aromatic heterocycles. The van der Waals surface area contributed by atoms with E-state index >= 15 is 0 Å². The number of nitrogens with one attached hydrogen (secondary N) is 1. The number of aromatic amines is 1. The summed E-state index contributed by atoms with van der Waals surface area (Å²) in [4.78, 5) is 21.8. The summed E-state index contributed by atoms with van der Waals surface area (Å²) in [6.07, 6.45) is 0.726. The number of rotatable bonds is 2. The van der Waals surface area contributed by atoms with Crippen molar-refractivity contribution in [1.29, 1.82) is 0 Å². The normalized spacial score (nSPS) is 15.9. The maximum absolute atomic E-state index is 12.8. The summed E-state index contributed by atoms with van der Waals surface area (Å²) in [5.41, 5.74) is 1.27. The molecule has 0 atom stereocenters. The molecule has 3 heterocycles. The van der Waals surface area contributed by atoms with Crippen molar-refractivity contribution in [1.82, 2.24) is 14.9 Å². The Labute approximate surface area is 164 Å². The number of carbonyl (C=O) groups is 1. The van der Waals surface area contributed by atoms with Gasteiger partial charge in [-0.2, -0.15) is 13.2 Å². The molecule has 0 spiro atoms. The number of nitrogens with zero attached hydrogens (tertiary/aromatic N) is 2. The van der Waals surface area contributed by atoms with Crippen LogP contribution in [0.15, 0.2) is 42.7 Å². The molecule has 8 heteroatoms. The minimum absolute atomic E-state index is 0.174. The number of hydrogen-bond acceptors (Lipinski definition) is 2. The molecule has 1 aromatic carbocycles. The number of likely N-dealkylation sites (tertiary alicyclic amines) is 1. The Kier molecular flexibility index (Phi) is 4.79. The van der Waals surface area contributed by atoms with Crippen LogP contribution in [0.1, 0.15) is 40.2 Å². The summed E-state index contributed by atoms with van der Waals surface area (Å²) >= 11 is 5.74. The summed E-state index contributed by atoms with van der Waals surface area (Å²) in [5, 5.41) is 0.626. The van der Waals surface area contributed by atoms with Crippen LogP contribution in [0.3, 0.4) is 0 Å². The summed E-state index contributed by atoms with van der Waals surface area (Å²) < 4.78 is 38.5. The number of benzene rings is 1. The quantitative estimate of drug-likeness (QED) is 0.630. The van der Waals surface area contributed by atoms with Crippen molar-refractivity contribution in [3.8, 4) is 0 Å². The molecular formula is C20H17ClF3N3O. The molecule has 4 rings (SSSR count). The second-order valence-corrected chi connectivity index (χ2v) is 7.31. The number of carbonyl (C=O) groups excluding carboxylic acids is 1. The fourth-order valence-electron chi connectivity index (χ4n) is 3.77. The first-order chi connectivity index (χ1) is 13.3. The molecule has 0 unspecified atom stereocenters. The van der Waals surface area contributed by atoms with Gasteiger partial charge in [0.2, 0.25) is 0 Å². The van der Waals surface area contributed by atoms with Crippen LogP contribution in [0.2, 0.25) is 5.02 Å². The first-order valence-corrected chi connectivity index (χ1v) is 9.30. The van der Waals surface area contributed by atoms with Gasteiger partial charge in [-0.3, -0.25) is 4.79 Å². The van der Waals surface area contributed by atoms with Crippen LogP contribution >= 0.6 is 11.6 Å². The zero-order valence-corrected chi connectivity index (χ0v) is 15.5. The van der Waals surface area contributed by atoms with E-state index in [1.54, 1.807) is 11.1 Å². The van der Waals surface area contributed by atoms with Gasteiger partial charge in [0.15, 0.2) is 0 Å². The van der Waals surface area contributed by atoms with Crippen LogP contribution in [0.5, 0.6) is 0 Å². The van der Waals surface area contributed by atoms with Gasteiger partial charge in [0, 0.05) is 36.4 Å². The van der Waals surface area contributed by atoms with E-state index in [1.807, 2.05) is 18.3 Å². The molecule has 4 nitrogen and oxygen atoms in total. The number of piperidine rings is 1. The maximum atomic E-state index is 12.8. The molecule has 0 radical (unpaired) electrons. The molecular weight excluding hydrogens is 391 g/mol. The van der Waals surface area contributed by atoms with Gasteiger partial charge in [-0.25, -0.2) is 4.98 Å². The zero-order valence-electron chi connectivity index (χ0n) is 14.8. The number of fused-ring (bicyclic) bond motifs is 1. The molecule has 0 bridgehead atoms. The lowest BCUT2D eigenvalue weighted by Crippen LogP contribution is -2.37. The Morgan fingerprint density at radius 3 is 2.64 bits per heavy atom. The second kappa shape index (κ2) is 7.13. The van der Waals surface area contributed by atoms with Crippen LogP contribution in [0, 0.1) is 0 Å². The van der Waals surface area contributed by atoms with Gasteiger partial charge < -0.3 is 9.88 Å². The number of amides is 1. The number of aromatic nitrogens is 2. The van der Waals surface area contributed by atoms with Gasteiger partial charge in [-0.05, 0) is 54.7 Å². The predicted molar refractivity (Wildman–Crippen MR) is 100 cm³/mol. The third-order valence-electron chi connectivity index (χ3n) is 5.23. The summed E-state index contributed by atoms with van der Waals surface area (Å²) in [6.45, 7) is 1.07. The number of alkyl halides is 3. The monoisotopic (exact) mass is 407 g/mol. The molecule has 146 valence electrons. The summed E-state index contributed by atoms with van der Waals surface area (Å²) in [6, 6.07) is 7.07.